The van der Waals surface area contributed by atoms with Gasteiger partial charge in [0, 0.05) is 0 Å². The summed E-state index contributed by atoms with van der Waals surface area (Å²) in [6.07, 6.45) is 2.04. The molecule has 0 heterocycles. The molecule has 0 saturated heterocycles. The van der Waals surface area contributed by atoms with Crippen molar-refractivity contribution in [2.75, 3.05) is 0 Å². The van der Waals surface area contributed by atoms with Gasteiger partial charge in [-0.15, -0.1) is 0 Å². The Morgan fingerprint density at radius 2 is 2.00 bits per heavy atom. The summed E-state index contributed by atoms with van der Waals surface area (Å²) in [5, 5.41) is 9.55. The predicted octanol–water partition coefficient (Wildman–Crippen LogP) is 3.47. The Bertz CT molecular complexity index is 276. The Balaban J connectivity index is 2.97. The van der Waals surface area contributed by atoms with Crippen LogP contribution in [0.5, 0.6) is 5.75 Å². The number of hydrogen-bond acceptors (Lipinski definition) is 1. The van der Waals surface area contributed by atoms with Gasteiger partial charge in [-0.1, -0.05) is 39.3 Å². The highest BCUT2D eigenvalue weighted by Crippen LogP contribution is 2.23. The molecule has 0 aliphatic carbocycles. The maximum Gasteiger partial charge on any atom is 0.118 e. The molecule has 0 saturated carbocycles. The highest BCUT2D eigenvalue weighted by atomic mass is 16.3. The van der Waals surface area contributed by atoms with Gasteiger partial charge in [-0.2, -0.15) is 0 Å². The largest absolute Gasteiger partial charge is 0.508 e. The molecule has 0 unspecified atom stereocenters. The summed E-state index contributed by atoms with van der Waals surface area (Å²) in [4.78, 5) is 0. The van der Waals surface area contributed by atoms with Gasteiger partial charge in [-0.05, 0) is 29.5 Å². The minimum atomic E-state index is 0.436. The van der Waals surface area contributed by atoms with Crippen LogP contribution in [0.1, 0.15) is 44.2 Å². The van der Waals surface area contributed by atoms with E-state index in [1.807, 2.05) is 6.07 Å². The Hall–Kier alpha value is -0.980. The van der Waals surface area contributed by atoms with Crippen molar-refractivity contribution >= 4 is 0 Å². The first-order valence-electron chi connectivity index (χ1n) is 4.97. The standard InChI is InChI=1S/C12H18O/c1-4-5-11-8-10(9(2)3)6-7-12(11)13/h6-9,13H,4-5H2,1-3H3. The SMILES string of the molecule is CCCc1cc(C(C)C)ccc1O. The summed E-state index contributed by atoms with van der Waals surface area (Å²) >= 11 is 0. The van der Waals surface area contributed by atoms with Gasteiger partial charge in [0.25, 0.3) is 0 Å². The fourth-order valence-corrected chi connectivity index (χ4v) is 1.43. The molecule has 1 rings (SSSR count). The Morgan fingerprint density at radius 3 is 2.54 bits per heavy atom. The molecule has 1 aromatic rings. The molecule has 0 bridgehead atoms. The van der Waals surface area contributed by atoms with Gasteiger partial charge in [0.05, 0.1) is 0 Å². The second kappa shape index (κ2) is 4.31. The highest BCUT2D eigenvalue weighted by molar-refractivity contribution is 5.37. The van der Waals surface area contributed by atoms with Crippen molar-refractivity contribution in [1.82, 2.24) is 0 Å². The Kier molecular flexibility index (Phi) is 3.35. The maximum absolute atomic E-state index is 9.55. The van der Waals surface area contributed by atoms with Crippen LogP contribution in [0.3, 0.4) is 0 Å². The van der Waals surface area contributed by atoms with Crippen molar-refractivity contribution < 1.29 is 5.11 Å². The van der Waals surface area contributed by atoms with Crippen molar-refractivity contribution in [2.45, 2.75) is 39.5 Å². The highest BCUT2D eigenvalue weighted by Gasteiger charge is 2.04. The molecule has 0 radical (unpaired) electrons. The molecular weight excluding hydrogens is 160 g/mol. The zero-order chi connectivity index (χ0) is 9.84. The van der Waals surface area contributed by atoms with Crippen LogP contribution < -0.4 is 0 Å². The summed E-state index contributed by atoms with van der Waals surface area (Å²) in [6.45, 7) is 6.46. The van der Waals surface area contributed by atoms with Crippen LogP contribution in [0.2, 0.25) is 0 Å². The number of benzene rings is 1. The fourth-order valence-electron chi connectivity index (χ4n) is 1.43. The molecule has 0 aromatic heterocycles. The van der Waals surface area contributed by atoms with Crippen LogP contribution in [-0.2, 0) is 6.42 Å². The lowest BCUT2D eigenvalue weighted by Crippen LogP contribution is -1.91. The average molecular weight is 178 g/mol. The van der Waals surface area contributed by atoms with E-state index in [0.29, 0.717) is 11.7 Å². The van der Waals surface area contributed by atoms with E-state index in [2.05, 4.69) is 26.8 Å². The third-order valence-corrected chi connectivity index (χ3v) is 2.29. The summed E-state index contributed by atoms with van der Waals surface area (Å²) in [5.74, 6) is 0.974. The minimum absolute atomic E-state index is 0.436. The number of aromatic hydroxyl groups is 1. The number of aryl methyl sites for hydroxylation is 1. The van der Waals surface area contributed by atoms with E-state index in [-0.39, 0.29) is 0 Å². The zero-order valence-corrected chi connectivity index (χ0v) is 8.67. The molecule has 1 aromatic carbocycles. The number of phenolic OH excluding ortho intramolecular Hbond substituents is 1. The molecular formula is C12H18O. The molecule has 0 atom stereocenters. The van der Waals surface area contributed by atoms with E-state index in [1.54, 1.807) is 6.07 Å². The average Bonchev–Trinajstić information content (AvgIpc) is 2.08. The first-order chi connectivity index (χ1) is 6.15. The number of rotatable bonds is 3. The van der Waals surface area contributed by atoms with Crippen molar-refractivity contribution in [3.8, 4) is 5.75 Å². The third kappa shape index (κ3) is 2.48. The van der Waals surface area contributed by atoms with Gasteiger partial charge >= 0.3 is 0 Å². The molecule has 13 heavy (non-hydrogen) atoms. The van der Waals surface area contributed by atoms with Crippen LogP contribution in [0, 0.1) is 0 Å². The fraction of sp³-hybridized carbons (Fsp3) is 0.500. The van der Waals surface area contributed by atoms with Gasteiger partial charge in [0.1, 0.15) is 5.75 Å². The van der Waals surface area contributed by atoms with E-state index in [1.165, 1.54) is 5.56 Å². The van der Waals surface area contributed by atoms with Crippen LogP contribution in [0.25, 0.3) is 0 Å². The van der Waals surface area contributed by atoms with E-state index < -0.39 is 0 Å². The Labute approximate surface area is 80.4 Å². The smallest absolute Gasteiger partial charge is 0.118 e. The minimum Gasteiger partial charge on any atom is -0.508 e. The first-order valence-corrected chi connectivity index (χ1v) is 4.97. The van der Waals surface area contributed by atoms with E-state index in [9.17, 15) is 5.11 Å². The number of hydrogen-bond donors (Lipinski definition) is 1. The quantitative estimate of drug-likeness (QED) is 0.751. The van der Waals surface area contributed by atoms with Gasteiger partial charge in [0.2, 0.25) is 0 Å². The second-order valence-corrected chi connectivity index (χ2v) is 3.79. The van der Waals surface area contributed by atoms with Crippen molar-refractivity contribution in [3.05, 3.63) is 29.3 Å². The monoisotopic (exact) mass is 178 g/mol. The van der Waals surface area contributed by atoms with Gasteiger partial charge < -0.3 is 5.11 Å². The molecule has 72 valence electrons. The molecule has 1 N–H and O–H groups in total. The van der Waals surface area contributed by atoms with Crippen molar-refractivity contribution in [1.29, 1.82) is 0 Å². The van der Waals surface area contributed by atoms with Crippen molar-refractivity contribution in [3.63, 3.8) is 0 Å². The van der Waals surface area contributed by atoms with E-state index in [4.69, 9.17) is 0 Å². The summed E-state index contributed by atoms with van der Waals surface area (Å²) in [5.41, 5.74) is 2.38. The van der Waals surface area contributed by atoms with Gasteiger partial charge in [0.15, 0.2) is 0 Å². The van der Waals surface area contributed by atoms with Crippen LogP contribution in [0.4, 0.5) is 0 Å². The topological polar surface area (TPSA) is 20.2 Å². The van der Waals surface area contributed by atoms with E-state index in [0.717, 1.165) is 18.4 Å². The molecule has 0 aliphatic heterocycles. The van der Waals surface area contributed by atoms with Gasteiger partial charge in [-0.25, -0.2) is 0 Å². The molecule has 0 spiro atoms. The third-order valence-electron chi connectivity index (χ3n) is 2.29. The Morgan fingerprint density at radius 1 is 1.31 bits per heavy atom. The zero-order valence-electron chi connectivity index (χ0n) is 8.67. The van der Waals surface area contributed by atoms with Crippen LogP contribution >= 0.6 is 0 Å². The molecule has 1 nitrogen and oxygen atoms in total. The maximum atomic E-state index is 9.55. The van der Waals surface area contributed by atoms with E-state index >= 15 is 0 Å². The first kappa shape index (κ1) is 10.1. The lowest BCUT2D eigenvalue weighted by Gasteiger charge is -2.09. The molecule has 0 aliphatic rings. The lowest BCUT2D eigenvalue weighted by molar-refractivity contribution is 0.467. The molecule has 1 heteroatoms. The normalized spacial score (nSPS) is 10.8. The predicted molar refractivity (Wildman–Crippen MR) is 56.2 cm³/mol. The number of phenols is 1. The molecule has 0 amide bonds. The summed E-state index contributed by atoms with van der Waals surface area (Å²) in [6, 6.07) is 5.92. The lowest BCUT2D eigenvalue weighted by atomic mass is 9.98. The van der Waals surface area contributed by atoms with Crippen LogP contribution in [0.15, 0.2) is 18.2 Å². The van der Waals surface area contributed by atoms with Crippen LogP contribution in [-0.4, -0.2) is 5.11 Å². The van der Waals surface area contributed by atoms with Crippen molar-refractivity contribution in [2.24, 2.45) is 0 Å². The summed E-state index contributed by atoms with van der Waals surface area (Å²) in [7, 11) is 0. The second-order valence-electron chi connectivity index (χ2n) is 3.79. The summed E-state index contributed by atoms with van der Waals surface area (Å²) < 4.78 is 0. The van der Waals surface area contributed by atoms with Gasteiger partial charge in [-0.3, -0.25) is 0 Å². The molecule has 0 fully saturated rings.